The molecule has 1 heterocycles. The Morgan fingerprint density at radius 3 is 2.47 bits per heavy atom. The van der Waals surface area contributed by atoms with Crippen LogP contribution < -0.4 is 26.8 Å². The number of halogens is 2. The third kappa shape index (κ3) is 6.12. The van der Waals surface area contributed by atoms with Gasteiger partial charge in [-0.1, -0.05) is 35.3 Å². The highest BCUT2D eigenvalue weighted by Crippen LogP contribution is 2.27. The van der Waals surface area contributed by atoms with Crippen LogP contribution in [0.25, 0.3) is 10.9 Å². The molecule has 11 heteroatoms. The quantitative estimate of drug-likeness (QED) is 0.338. The van der Waals surface area contributed by atoms with E-state index in [4.69, 9.17) is 27.9 Å². The molecule has 9 nitrogen and oxygen atoms in total. The molecule has 2 aromatic carbocycles. The highest BCUT2D eigenvalue weighted by molar-refractivity contribution is 6.35. The van der Waals surface area contributed by atoms with E-state index in [-0.39, 0.29) is 26.0 Å². The number of nitrogens with one attached hydrogen (secondary N) is 3. The van der Waals surface area contributed by atoms with Gasteiger partial charge in [-0.25, -0.2) is 4.79 Å². The first-order valence-corrected chi connectivity index (χ1v) is 10.5. The molecule has 0 bridgehead atoms. The van der Waals surface area contributed by atoms with Crippen molar-refractivity contribution >= 4 is 45.9 Å². The summed E-state index contributed by atoms with van der Waals surface area (Å²) in [5.41, 5.74) is 3.96. The molecule has 3 N–H and O–H groups in total. The van der Waals surface area contributed by atoms with Gasteiger partial charge in [0.15, 0.2) is 0 Å². The number of rotatable bonds is 8. The molecule has 3 aromatic rings. The Bertz CT molecular complexity index is 1250. The van der Waals surface area contributed by atoms with Crippen LogP contribution >= 0.6 is 23.2 Å². The molecule has 0 fully saturated rings. The third-order valence-electron chi connectivity index (χ3n) is 4.51. The maximum absolute atomic E-state index is 12.1. The fraction of sp³-hybridized carbons (Fsp3) is 0.238. The molecule has 0 radical (unpaired) electrons. The summed E-state index contributed by atoms with van der Waals surface area (Å²) in [4.78, 5) is 50.1. The standard InChI is InChI=1S/C21H20Cl2N4O5/c22-13-7-8-17(15(23)12-13)32-11-3-6-18(28)25-26-19(29)9-10-27-16-5-2-1-4-14(16)20(30)24-21(27)31/h1-2,4-5,7-8,12H,3,6,9-11H2,(H,25,28)(H,26,29)(H,24,30,31). The number of aryl methyl sites for hydroxylation is 1. The van der Waals surface area contributed by atoms with Crippen LogP contribution in [0, 0.1) is 0 Å². The minimum absolute atomic E-state index is 0.0352. The third-order valence-corrected chi connectivity index (χ3v) is 5.04. The summed E-state index contributed by atoms with van der Waals surface area (Å²) < 4.78 is 6.80. The molecule has 0 unspecified atom stereocenters. The zero-order chi connectivity index (χ0) is 23.1. The number of aromatic nitrogens is 2. The molecule has 0 spiro atoms. The van der Waals surface area contributed by atoms with Gasteiger partial charge in [0.05, 0.1) is 22.5 Å². The van der Waals surface area contributed by atoms with E-state index in [1.165, 1.54) is 4.57 Å². The Kier molecular flexibility index (Phi) is 7.91. The molecular weight excluding hydrogens is 459 g/mol. The van der Waals surface area contributed by atoms with E-state index in [2.05, 4.69) is 15.8 Å². The molecule has 0 atom stereocenters. The van der Waals surface area contributed by atoms with Gasteiger partial charge in [-0.15, -0.1) is 0 Å². The lowest BCUT2D eigenvalue weighted by atomic mass is 10.2. The molecule has 1 aromatic heterocycles. The number of para-hydroxylation sites is 1. The van der Waals surface area contributed by atoms with E-state index < -0.39 is 23.1 Å². The Morgan fingerprint density at radius 2 is 1.72 bits per heavy atom. The smallest absolute Gasteiger partial charge is 0.328 e. The number of nitrogens with zero attached hydrogens (tertiary/aromatic N) is 1. The number of fused-ring (bicyclic) bond motifs is 1. The van der Waals surface area contributed by atoms with Gasteiger partial charge >= 0.3 is 5.69 Å². The Balaban J connectivity index is 1.41. The number of hydrogen-bond donors (Lipinski definition) is 3. The van der Waals surface area contributed by atoms with Gasteiger partial charge in [-0.05, 0) is 36.8 Å². The number of ether oxygens (including phenoxy) is 1. The van der Waals surface area contributed by atoms with Gasteiger partial charge in [0.1, 0.15) is 5.75 Å². The van der Waals surface area contributed by atoms with E-state index in [9.17, 15) is 19.2 Å². The summed E-state index contributed by atoms with van der Waals surface area (Å²) in [5, 5.41) is 1.22. The summed E-state index contributed by atoms with van der Waals surface area (Å²) in [7, 11) is 0. The lowest BCUT2D eigenvalue weighted by Gasteiger charge is -2.11. The van der Waals surface area contributed by atoms with Gasteiger partial charge in [0.2, 0.25) is 11.8 Å². The highest BCUT2D eigenvalue weighted by Gasteiger charge is 2.10. The Labute approximate surface area is 192 Å². The SMILES string of the molecule is O=C(CCCOc1ccc(Cl)cc1Cl)NNC(=O)CCn1c(=O)[nH]c(=O)c2ccccc21. The van der Waals surface area contributed by atoms with E-state index in [0.717, 1.165) is 0 Å². The number of amides is 2. The number of hydrogen-bond acceptors (Lipinski definition) is 5. The van der Waals surface area contributed by atoms with Crippen LogP contribution in [0.3, 0.4) is 0 Å². The van der Waals surface area contributed by atoms with Gasteiger partial charge in [0, 0.05) is 24.4 Å². The van der Waals surface area contributed by atoms with Crippen LogP contribution in [0.5, 0.6) is 5.75 Å². The summed E-state index contributed by atoms with van der Waals surface area (Å²) in [6.45, 7) is 0.290. The van der Waals surface area contributed by atoms with Crippen molar-refractivity contribution in [3.05, 3.63) is 73.3 Å². The van der Waals surface area contributed by atoms with Crippen LogP contribution in [0.15, 0.2) is 52.1 Å². The molecule has 0 saturated carbocycles. The van der Waals surface area contributed by atoms with Crippen LogP contribution in [0.4, 0.5) is 0 Å². The molecule has 0 aliphatic rings. The largest absolute Gasteiger partial charge is 0.492 e. The van der Waals surface area contributed by atoms with Gasteiger partial charge in [-0.3, -0.25) is 34.8 Å². The first kappa shape index (κ1) is 23.4. The summed E-state index contributed by atoms with van der Waals surface area (Å²) in [6, 6.07) is 11.5. The van der Waals surface area contributed by atoms with E-state index >= 15 is 0 Å². The fourth-order valence-corrected chi connectivity index (χ4v) is 3.41. The van der Waals surface area contributed by atoms with Crippen LogP contribution in [-0.2, 0) is 16.1 Å². The summed E-state index contributed by atoms with van der Waals surface area (Å²) in [6.07, 6.45) is 0.448. The van der Waals surface area contributed by atoms with Crippen molar-refractivity contribution in [3.8, 4) is 5.75 Å². The second-order valence-corrected chi connectivity index (χ2v) is 7.64. The summed E-state index contributed by atoms with van der Waals surface area (Å²) >= 11 is 11.8. The average Bonchev–Trinajstić information content (AvgIpc) is 2.76. The van der Waals surface area contributed by atoms with Crippen molar-refractivity contribution in [1.29, 1.82) is 0 Å². The molecule has 0 aliphatic heterocycles. The van der Waals surface area contributed by atoms with Crippen molar-refractivity contribution < 1.29 is 14.3 Å². The monoisotopic (exact) mass is 478 g/mol. The highest BCUT2D eigenvalue weighted by atomic mass is 35.5. The number of H-pyrrole nitrogens is 1. The molecule has 0 aliphatic carbocycles. The molecule has 168 valence electrons. The normalized spacial score (nSPS) is 10.7. The first-order chi connectivity index (χ1) is 15.3. The van der Waals surface area contributed by atoms with Crippen molar-refractivity contribution in [2.75, 3.05) is 6.61 Å². The fourth-order valence-electron chi connectivity index (χ4n) is 2.95. The van der Waals surface area contributed by atoms with E-state index in [1.54, 1.807) is 42.5 Å². The van der Waals surface area contributed by atoms with E-state index in [0.29, 0.717) is 33.1 Å². The van der Waals surface area contributed by atoms with E-state index in [1.807, 2.05) is 0 Å². The lowest BCUT2D eigenvalue weighted by Crippen LogP contribution is -2.42. The molecular formula is C21H20Cl2N4O5. The molecule has 0 saturated heterocycles. The topological polar surface area (TPSA) is 122 Å². The first-order valence-electron chi connectivity index (χ1n) is 9.72. The van der Waals surface area contributed by atoms with Crippen molar-refractivity contribution in [2.24, 2.45) is 0 Å². The summed E-state index contributed by atoms with van der Waals surface area (Å²) in [5.74, 6) is -0.407. The Hall–Kier alpha value is -3.30. The van der Waals surface area contributed by atoms with Gasteiger partial charge < -0.3 is 4.74 Å². The maximum atomic E-state index is 12.1. The maximum Gasteiger partial charge on any atom is 0.328 e. The van der Waals surface area contributed by atoms with Crippen molar-refractivity contribution in [2.45, 2.75) is 25.8 Å². The zero-order valence-electron chi connectivity index (χ0n) is 16.8. The predicted molar refractivity (Wildman–Crippen MR) is 121 cm³/mol. The second-order valence-electron chi connectivity index (χ2n) is 6.80. The minimum Gasteiger partial charge on any atom is -0.492 e. The molecule has 2 amide bonds. The van der Waals surface area contributed by atoms with Gasteiger partial charge in [0.25, 0.3) is 5.56 Å². The Morgan fingerprint density at radius 1 is 1.00 bits per heavy atom. The zero-order valence-corrected chi connectivity index (χ0v) is 18.3. The van der Waals surface area contributed by atoms with Crippen molar-refractivity contribution in [1.82, 2.24) is 20.4 Å². The molecule has 32 heavy (non-hydrogen) atoms. The van der Waals surface area contributed by atoms with Gasteiger partial charge in [-0.2, -0.15) is 0 Å². The molecule has 3 rings (SSSR count). The number of aromatic amines is 1. The number of carbonyl (C=O) groups excluding carboxylic acids is 2. The number of hydrazine groups is 1. The second kappa shape index (κ2) is 10.8. The van der Waals surface area contributed by atoms with Crippen LogP contribution in [0.2, 0.25) is 10.0 Å². The lowest BCUT2D eigenvalue weighted by molar-refractivity contribution is -0.129. The van der Waals surface area contributed by atoms with Crippen molar-refractivity contribution in [3.63, 3.8) is 0 Å². The average molecular weight is 479 g/mol. The van der Waals surface area contributed by atoms with Crippen LogP contribution in [-0.4, -0.2) is 28.0 Å². The number of benzene rings is 2. The number of carbonyl (C=O) groups is 2. The van der Waals surface area contributed by atoms with Crippen LogP contribution in [0.1, 0.15) is 19.3 Å². The predicted octanol–water partition coefficient (Wildman–Crippen LogP) is 2.39. The minimum atomic E-state index is -0.605.